The molecule has 0 fully saturated rings. The van der Waals surface area contributed by atoms with Crippen molar-refractivity contribution in [3.8, 4) is 16.9 Å². The summed E-state index contributed by atoms with van der Waals surface area (Å²) in [6.07, 6.45) is 0. The molecule has 1 nitrogen and oxygen atoms in total. The van der Waals surface area contributed by atoms with Gasteiger partial charge in [0.2, 0.25) is 0 Å². The molecule has 24 heavy (non-hydrogen) atoms. The van der Waals surface area contributed by atoms with E-state index in [0.717, 1.165) is 11.3 Å². The summed E-state index contributed by atoms with van der Waals surface area (Å²) in [5.74, 6) is 0.920. The van der Waals surface area contributed by atoms with Crippen LogP contribution in [0.1, 0.15) is 5.56 Å². The molecule has 0 aromatic heterocycles. The van der Waals surface area contributed by atoms with E-state index in [1.54, 1.807) is 0 Å². The van der Waals surface area contributed by atoms with E-state index in [1.165, 1.54) is 21.9 Å². The first-order chi connectivity index (χ1) is 11.9. The van der Waals surface area contributed by atoms with Crippen molar-refractivity contribution in [1.82, 2.24) is 0 Å². The van der Waals surface area contributed by atoms with Gasteiger partial charge in [0.25, 0.3) is 0 Å². The summed E-state index contributed by atoms with van der Waals surface area (Å²) in [6, 6.07) is 33.4. The Morgan fingerprint density at radius 2 is 1.25 bits per heavy atom. The lowest BCUT2D eigenvalue weighted by molar-refractivity contribution is 0.308. The fraction of sp³-hybridized carbons (Fsp3) is 0.0435. The molecule has 4 rings (SSSR count). The van der Waals surface area contributed by atoms with Gasteiger partial charge in [-0.2, -0.15) is 0 Å². The zero-order valence-corrected chi connectivity index (χ0v) is 13.4. The van der Waals surface area contributed by atoms with Gasteiger partial charge in [-0.15, -0.1) is 0 Å². The van der Waals surface area contributed by atoms with Gasteiger partial charge < -0.3 is 4.74 Å². The Kier molecular flexibility index (Phi) is 3.99. The van der Waals surface area contributed by atoms with Crippen molar-refractivity contribution < 1.29 is 4.74 Å². The lowest BCUT2D eigenvalue weighted by Gasteiger charge is -2.15. The van der Waals surface area contributed by atoms with E-state index in [0.29, 0.717) is 6.61 Å². The van der Waals surface area contributed by atoms with Gasteiger partial charge >= 0.3 is 0 Å². The lowest BCUT2D eigenvalue weighted by atomic mass is 9.97. The third-order valence-electron chi connectivity index (χ3n) is 4.19. The summed E-state index contributed by atoms with van der Waals surface area (Å²) in [5, 5.41) is 2.44. The molecule has 0 saturated heterocycles. The number of hydrogen-bond donors (Lipinski definition) is 0. The molecule has 0 amide bonds. The smallest absolute Gasteiger partial charge is 0.128 e. The molecule has 0 unspecified atom stereocenters. The predicted molar refractivity (Wildman–Crippen MR) is 100 cm³/mol. The molecule has 116 valence electrons. The van der Waals surface area contributed by atoms with E-state index in [4.69, 9.17) is 4.74 Å². The second-order valence-corrected chi connectivity index (χ2v) is 5.80. The molecule has 0 saturated carbocycles. The van der Waals surface area contributed by atoms with Crippen molar-refractivity contribution >= 4 is 10.8 Å². The van der Waals surface area contributed by atoms with Crippen LogP contribution in [0.4, 0.5) is 0 Å². The van der Waals surface area contributed by atoms with Crippen molar-refractivity contribution in [2.24, 2.45) is 0 Å². The van der Waals surface area contributed by atoms with E-state index < -0.39 is 0 Å². The molecule has 0 aliphatic rings. The van der Waals surface area contributed by atoms with E-state index >= 15 is 0 Å². The van der Waals surface area contributed by atoms with Gasteiger partial charge in [-0.05, 0) is 28.0 Å². The normalized spacial score (nSPS) is 10.7. The van der Waals surface area contributed by atoms with Gasteiger partial charge in [-0.3, -0.25) is 0 Å². The molecule has 0 aliphatic carbocycles. The Labute approximate surface area is 142 Å². The van der Waals surface area contributed by atoms with Crippen LogP contribution in [0, 0.1) is 0 Å². The van der Waals surface area contributed by atoms with Crippen LogP contribution in [0.3, 0.4) is 0 Å². The zero-order valence-electron chi connectivity index (χ0n) is 13.4. The average Bonchev–Trinajstić information content (AvgIpc) is 2.67. The molecule has 4 aromatic rings. The molecule has 0 radical (unpaired) electrons. The maximum atomic E-state index is 6.19. The van der Waals surface area contributed by atoms with Gasteiger partial charge in [0.1, 0.15) is 12.4 Å². The summed E-state index contributed by atoms with van der Waals surface area (Å²) in [5.41, 5.74) is 3.51. The minimum absolute atomic E-state index is 0.568. The van der Waals surface area contributed by atoms with Crippen molar-refractivity contribution in [3.63, 3.8) is 0 Å². The number of benzene rings is 4. The first-order valence-corrected chi connectivity index (χ1v) is 8.16. The number of fused-ring (bicyclic) bond motifs is 1. The Balaban J connectivity index is 1.80. The van der Waals surface area contributed by atoms with E-state index in [-0.39, 0.29) is 0 Å². The van der Waals surface area contributed by atoms with Crippen LogP contribution in [0.5, 0.6) is 5.75 Å². The van der Waals surface area contributed by atoms with Crippen molar-refractivity contribution in [2.45, 2.75) is 6.61 Å². The van der Waals surface area contributed by atoms with Crippen LogP contribution in [-0.4, -0.2) is 0 Å². The van der Waals surface area contributed by atoms with E-state index in [1.807, 2.05) is 24.3 Å². The molecule has 0 bridgehead atoms. The topological polar surface area (TPSA) is 9.23 Å². The SMILES string of the molecule is c1ccc(COc2ccc3ccccc3c2-c2ccccc2)cc1. The van der Waals surface area contributed by atoms with Crippen molar-refractivity contribution in [1.29, 1.82) is 0 Å². The first-order valence-electron chi connectivity index (χ1n) is 8.16. The summed E-state index contributed by atoms with van der Waals surface area (Å²) < 4.78 is 6.19. The summed E-state index contributed by atoms with van der Waals surface area (Å²) in [6.45, 7) is 0.568. The highest BCUT2D eigenvalue weighted by molar-refractivity contribution is 5.99. The van der Waals surface area contributed by atoms with E-state index in [2.05, 4.69) is 72.8 Å². The number of ether oxygens (including phenoxy) is 1. The van der Waals surface area contributed by atoms with Crippen LogP contribution < -0.4 is 4.74 Å². The Hall–Kier alpha value is -3.06. The van der Waals surface area contributed by atoms with Gasteiger partial charge in [-0.1, -0.05) is 91.0 Å². The molecule has 0 heterocycles. The maximum absolute atomic E-state index is 6.19. The molecule has 4 aromatic carbocycles. The van der Waals surface area contributed by atoms with Gasteiger partial charge in [0, 0.05) is 5.56 Å². The molecule has 1 heteroatoms. The Bertz CT molecular complexity index is 943. The molecular weight excluding hydrogens is 292 g/mol. The zero-order chi connectivity index (χ0) is 16.2. The third-order valence-corrected chi connectivity index (χ3v) is 4.19. The van der Waals surface area contributed by atoms with Crippen LogP contribution >= 0.6 is 0 Å². The minimum Gasteiger partial charge on any atom is -0.488 e. The average molecular weight is 310 g/mol. The van der Waals surface area contributed by atoms with Crippen molar-refractivity contribution in [2.75, 3.05) is 0 Å². The number of hydrogen-bond acceptors (Lipinski definition) is 1. The standard InChI is InChI=1S/C23H18O/c1-3-9-18(10-4-1)17-24-22-16-15-19-11-7-8-14-21(19)23(22)20-12-5-2-6-13-20/h1-16H,17H2. The van der Waals surface area contributed by atoms with Crippen LogP contribution in [0.15, 0.2) is 97.1 Å². The fourth-order valence-corrected chi connectivity index (χ4v) is 3.01. The fourth-order valence-electron chi connectivity index (χ4n) is 3.01. The lowest BCUT2D eigenvalue weighted by Crippen LogP contribution is -1.97. The highest BCUT2D eigenvalue weighted by Gasteiger charge is 2.11. The maximum Gasteiger partial charge on any atom is 0.128 e. The Morgan fingerprint density at radius 3 is 2.04 bits per heavy atom. The quantitative estimate of drug-likeness (QED) is 0.443. The molecule has 0 spiro atoms. The second-order valence-electron chi connectivity index (χ2n) is 5.80. The second kappa shape index (κ2) is 6.59. The summed E-state index contributed by atoms with van der Waals surface area (Å²) in [4.78, 5) is 0. The highest BCUT2D eigenvalue weighted by Crippen LogP contribution is 2.37. The number of rotatable bonds is 4. The van der Waals surface area contributed by atoms with Crippen LogP contribution in [-0.2, 0) is 6.61 Å². The van der Waals surface area contributed by atoms with Gasteiger partial charge in [0.15, 0.2) is 0 Å². The molecule has 0 N–H and O–H groups in total. The van der Waals surface area contributed by atoms with E-state index in [9.17, 15) is 0 Å². The van der Waals surface area contributed by atoms with Crippen molar-refractivity contribution in [3.05, 3.63) is 103 Å². The molecule has 0 atom stereocenters. The first kappa shape index (κ1) is 14.5. The summed E-state index contributed by atoms with van der Waals surface area (Å²) in [7, 11) is 0. The third kappa shape index (κ3) is 2.89. The predicted octanol–water partition coefficient (Wildman–Crippen LogP) is 6.09. The van der Waals surface area contributed by atoms with Gasteiger partial charge in [-0.25, -0.2) is 0 Å². The van der Waals surface area contributed by atoms with Crippen LogP contribution in [0.25, 0.3) is 21.9 Å². The monoisotopic (exact) mass is 310 g/mol. The highest BCUT2D eigenvalue weighted by atomic mass is 16.5. The Morgan fingerprint density at radius 1 is 0.583 bits per heavy atom. The molecule has 0 aliphatic heterocycles. The largest absolute Gasteiger partial charge is 0.488 e. The summed E-state index contributed by atoms with van der Waals surface area (Å²) >= 11 is 0. The van der Waals surface area contributed by atoms with Crippen LogP contribution in [0.2, 0.25) is 0 Å². The van der Waals surface area contributed by atoms with Gasteiger partial charge in [0.05, 0.1) is 0 Å². The minimum atomic E-state index is 0.568. The molecular formula is C23H18O.